The molecule has 0 aliphatic carbocycles. The van der Waals surface area contributed by atoms with Crippen LogP contribution in [0.15, 0.2) is 42.5 Å². The standard InChI is InChI=1S/C18H12FNO4/c1-23-10-5-6-11-12(7-10)18(22)15(21)8-17(11)24-16-4-2-3-14(19)13(16)9-20/h2-8,21-22H,1H3. The van der Waals surface area contributed by atoms with Crippen molar-refractivity contribution >= 4 is 10.8 Å². The molecule has 2 N–H and O–H groups in total. The summed E-state index contributed by atoms with van der Waals surface area (Å²) in [6, 6.07) is 11.8. The van der Waals surface area contributed by atoms with Crippen LogP contribution in [0, 0.1) is 17.1 Å². The summed E-state index contributed by atoms with van der Waals surface area (Å²) in [6.07, 6.45) is 0. The van der Waals surface area contributed by atoms with Crippen molar-refractivity contribution in [2.24, 2.45) is 0 Å². The number of fused-ring (bicyclic) bond motifs is 1. The van der Waals surface area contributed by atoms with Crippen LogP contribution in [0.1, 0.15) is 5.56 Å². The number of nitrogens with zero attached hydrogens (tertiary/aromatic N) is 1. The van der Waals surface area contributed by atoms with Crippen LogP contribution in [-0.4, -0.2) is 17.3 Å². The van der Waals surface area contributed by atoms with Crippen LogP contribution in [0.2, 0.25) is 0 Å². The van der Waals surface area contributed by atoms with E-state index in [1.807, 2.05) is 0 Å². The van der Waals surface area contributed by atoms with Crippen LogP contribution < -0.4 is 9.47 Å². The third-order valence-electron chi connectivity index (χ3n) is 3.56. The van der Waals surface area contributed by atoms with Gasteiger partial charge in [0.05, 0.1) is 7.11 Å². The van der Waals surface area contributed by atoms with E-state index < -0.39 is 11.6 Å². The first-order valence-electron chi connectivity index (χ1n) is 6.94. The summed E-state index contributed by atoms with van der Waals surface area (Å²) in [6.45, 7) is 0. The van der Waals surface area contributed by atoms with Gasteiger partial charge in [-0.3, -0.25) is 0 Å². The Labute approximate surface area is 136 Å². The average Bonchev–Trinajstić information content (AvgIpc) is 2.59. The highest BCUT2D eigenvalue weighted by Gasteiger charge is 2.16. The molecule has 6 heteroatoms. The average molecular weight is 325 g/mol. The lowest BCUT2D eigenvalue weighted by Gasteiger charge is -2.13. The molecule has 0 saturated heterocycles. The SMILES string of the molecule is COc1ccc2c(Oc3cccc(F)c3C#N)cc(O)c(O)c2c1. The summed E-state index contributed by atoms with van der Waals surface area (Å²) in [5.74, 6) is -0.761. The van der Waals surface area contributed by atoms with Crippen LogP contribution in [-0.2, 0) is 0 Å². The van der Waals surface area contributed by atoms with Crippen molar-refractivity contribution in [1.82, 2.24) is 0 Å². The van der Waals surface area contributed by atoms with Crippen LogP contribution >= 0.6 is 0 Å². The molecular formula is C18H12FNO4. The predicted octanol–water partition coefficient (Wildman–Crippen LogP) is 4.06. The first kappa shape index (κ1) is 15.4. The molecule has 3 rings (SSSR count). The van der Waals surface area contributed by atoms with Gasteiger partial charge in [0, 0.05) is 16.8 Å². The fourth-order valence-electron chi connectivity index (χ4n) is 2.37. The number of rotatable bonds is 3. The number of phenolic OH excluding ortho intramolecular Hbond substituents is 2. The summed E-state index contributed by atoms with van der Waals surface area (Å²) >= 11 is 0. The Morgan fingerprint density at radius 2 is 1.83 bits per heavy atom. The van der Waals surface area contributed by atoms with E-state index in [4.69, 9.17) is 14.7 Å². The number of methoxy groups -OCH3 is 1. The molecule has 3 aromatic rings. The van der Waals surface area contributed by atoms with Gasteiger partial charge in [0.25, 0.3) is 0 Å². The van der Waals surface area contributed by atoms with Gasteiger partial charge >= 0.3 is 0 Å². The first-order valence-corrected chi connectivity index (χ1v) is 6.94. The second-order valence-electron chi connectivity index (χ2n) is 4.98. The van der Waals surface area contributed by atoms with Crippen molar-refractivity contribution in [2.45, 2.75) is 0 Å². The molecule has 0 aliphatic heterocycles. The highest BCUT2D eigenvalue weighted by molar-refractivity contribution is 5.96. The number of benzene rings is 3. The summed E-state index contributed by atoms with van der Waals surface area (Å²) in [7, 11) is 1.48. The van der Waals surface area contributed by atoms with E-state index in [1.165, 1.54) is 31.4 Å². The molecule has 3 aromatic carbocycles. The lowest BCUT2D eigenvalue weighted by Crippen LogP contribution is -1.93. The first-order chi connectivity index (χ1) is 11.5. The van der Waals surface area contributed by atoms with Crippen molar-refractivity contribution in [2.75, 3.05) is 7.11 Å². The monoisotopic (exact) mass is 325 g/mol. The Kier molecular flexibility index (Phi) is 3.84. The van der Waals surface area contributed by atoms with Crippen molar-refractivity contribution in [3.63, 3.8) is 0 Å². The van der Waals surface area contributed by atoms with Gasteiger partial charge in [-0.25, -0.2) is 4.39 Å². The molecule has 0 bridgehead atoms. The van der Waals surface area contributed by atoms with Gasteiger partial charge in [-0.1, -0.05) is 6.07 Å². The molecule has 0 aliphatic rings. The predicted molar refractivity (Wildman–Crippen MR) is 85.0 cm³/mol. The summed E-state index contributed by atoms with van der Waals surface area (Å²) in [4.78, 5) is 0. The molecule has 120 valence electrons. The summed E-state index contributed by atoms with van der Waals surface area (Å²) in [5.41, 5.74) is -0.244. The Morgan fingerprint density at radius 3 is 2.54 bits per heavy atom. The molecule has 24 heavy (non-hydrogen) atoms. The Balaban J connectivity index is 2.19. The molecule has 0 saturated carbocycles. The lowest BCUT2D eigenvalue weighted by atomic mass is 10.1. The van der Waals surface area contributed by atoms with E-state index >= 15 is 0 Å². The highest BCUT2D eigenvalue weighted by atomic mass is 19.1. The minimum absolute atomic E-state index is 0.0136. The quantitative estimate of drug-likeness (QED) is 0.710. The van der Waals surface area contributed by atoms with Crippen LogP contribution in [0.4, 0.5) is 4.39 Å². The zero-order valence-electron chi connectivity index (χ0n) is 12.6. The molecule has 0 heterocycles. The van der Waals surface area contributed by atoms with Crippen molar-refractivity contribution < 1.29 is 24.1 Å². The summed E-state index contributed by atoms with van der Waals surface area (Å²) < 4.78 is 24.4. The molecule has 0 unspecified atom stereocenters. The van der Waals surface area contributed by atoms with E-state index in [2.05, 4.69) is 0 Å². The van der Waals surface area contributed by atoms with Crippen molar-refractivity contribution in [3.05, 3.63) is 53.8 Å². The smallest absolute Gasteiger partial charge is 0.165 e. The second kappa shape index (κ2) is 5.97. The van der Waals surface area contributed by atoms with Crippen molar-refractivity contribution in [3.8, 4) is 34.8 Å². The van der Waals surface area contributed by atoms with Gasteiger partial charge in [0.15, 0.2) is 11.5 Å². The van der Waals surface area contributed by atoms with Gasteiger partial charge in [-0.05, 0) is 30.3 Å². The largest absolute Gasteiger partial charge is 0.504 e. The Morgan fingerprint density at radius 1 is 1.04 bits per heavy atom. The van der Waals surface area contributed by atoms with Crippen LogP contribution in [0.5, 0.6) is 28.7 Å². The maximum Gasteiger partial charge on any atom is 0.165 e. The number of ether oxygens (including phenoxy) is 2. The molecule has 0 aromatic heterocycles. The molecular weight excluding hydrogens is 313 g/mol. The number of halogens is 1. The Hall–Kier alpha value is -3.46. The topological polar surface area (TPSA) is 82.7 Å². The maximum atomic E-state index is 13.7. The lowest BCUT2D eigenvalue weighted by molar-refractivity contribution is 0.401. The second-order valence-corrected chi connectivity index (χ2v) is 4.98. The summed E-state index contributed by atoms with van der Waals surface area (Å²) in [5, 5.41) is 29.8. The molecule has 0 atom stereocenters. The zero-order valence-corrected chi connectivity index (χ0v) is 12.6. The molecule has 0 amide bonds. The van der Waals surface area contributed by atoms with Crippen LogP contribution in [0.25, 0.3) is 10.8 Å². The van der Waals surface area contributed by atoms with Crippen LogP contribution in [0.3, 0.4) is 0 Å². The van der Waals surface area contributed by atoms with E-state index in [9.17, 15) is 14.6 Å². The molecule has 0 radical (unpaired) electrons. The van der Waals surface area contributed by atoms with E-state index in [-0.39, 0.29) is 22.8 Å². The number of nitriles is 1. The van der Waals surface area contributed by atoms with E-state index in [0.717, 1.165) is 6.07 Å². The van der Waals surface area contributed by atoms with E-state index in [0.29, 0.717) is 16.5 Å². The minimum Gasteiger partial charge on any atom is -0.504 e. The third kappa shape index (κ3) is 2.52. The highest BCUT2D eigenvalue weighted by Crippen LogP contribution is 2.43. The number of hydrogen-bond acceptors (Lipinski definition) is 5. The maximum absolute atomic E-state index is 13.7. The van der Waals surface area contributed by atoms with Crippen molar-refractivity contribution in [1.29, 1.82) is 5.26 Å². The fourth-order valence-corrected chi connectivity index (χ4v) is 2.37. The van der Waals surface area contributed by atoms with Gasteiger partial charge in [-0.15, -0.1) is 0 Å². The van der Waals surface area contributed by atoms with Gasteiger partial charge in [0.1, 0.15) is 34.7 Å². The number of hydrogen-bond donors (Lipinski definition) is 2. The third-order valence-corrected chi connectivity index (χ3v) is 3.56. The van der Waals surface area contributed by atoms with Gasteiger partial charge in [-0.2, -0.15) is 5.26 Å². The molecule has 5 nitrogen and oxygen atoms in total. The van der Waals surface area contributed by atoms with Gasteiger partial charge in [0.2, 0.25) is 0 Å². The fraction of sp³-hybridized carbons (Fsp3) is 0.0556. The van der Waals surface area contributed by atoms with E-state index in [1.54, 1.807) is 18.2 Å². The normalized spacial score (nSPS) is 10.4. The van der Waals surface area contributed by atoms with Gasteiger partial charge < -0.3 is 19.7 Å². The minimum atomic E-state index is -0.705. The zero-order chi connectivity index (χ0) is 17.3. The number of phenols is 2. The Bertz CT molecular complexity index is 979. The number of aromatic hydroxyl groups is 2. The molecule has 0 spiro atoms. The molecule has 0 fully saturated rings.